The van der Waals surface area contributed by atoms with Gasteiger partial charge in [0.15, 0.2) is 5.83 Å². The molecule has 1 N–H and O–H groups in total. The van der Waals surface area contributed by atoms with E-state index in [-0.39, 0.29) is 0 Å². The molecule has 0 radical (unpaired) electrons. The van der Waals surface area contributed by atoms with E-state index in [4.69, 9.17) is 10.4 Å². The van der Waals surface area contributed by atoms with E-state index < -0.39 is 23.0 Å². The first-order valence-corrected chi connectivity index (χ1v) is 2.53. The van der Waals surface area contributed by atoms with Gasteiger partial charge in [0.1, 0.15) is 11.8 Å². The second-order valence-corrected chi connectivity index (χ2v) is 1.67. The molecule has 0 aliphatic rings. The minimum Gasteiger partial charge on any atom is -0.505 e. The third kappa shape index (κ3) is 2.22. The Morgan fingerprint density at radius 1 is 1.27 bits per heavy atom. The number of hydrogen-bond donors (Lipinski definition) is 1. The van der Waals surface area contributed by atoms with Crippen LogP contribution < -0.4 is 0 Å². The highest BCUT2D eigenvalue weighted by Crippen LogP contribution is 2.19. The van der Waals surface area contributed by atoms with E-state index in [0.29, 0.717) is 0 Å². The lowest BCUT2D eigenvalue weighted by atomic mass is 10.2. The molecule has 0 amide bonds. The van der Waals surface area contributed by atoms with Crippen LogP contribution in [-0.4, -0.2) is 5.11 Å². The molecule has 4 heteroatoms. The number of halogens is 2. The quantitative estimate of drug-likeness (QED) is 0.379. The van der Waals surface area contributed by atoms with Gasteiger partial charge in [-0.3, -0.25) is 0 Å². The number of allylic oxidation sites excluding steroid dienone is 3. The molecule has 2 nitrogen and oxygen atoms in total. The maximum absolute atomic E-state index is 12.4. The van der Waals surface area contributed by atoms with Gasteiger partial charge in [0.2, 0.25) is 5.83 Å². The summed E-state index contributed by atoms with van der Waals surface area (Å²) in [6, 6.07) is 1.28. The zero-order chi connectivity index (χ0) is 9.02. The molecule has 0 bridgehead atoms. The zero-order valence-corrected chi connectivity index (χ0v) is 5.56. The van der Waals surface area contributed by atoms with Crippen molar-refractivity contribution in [3.8, 4) is 6.07 Å². The van der Waals surface area contributed by atoms with Gasteiger partial charge in [0.25, 0.3) is 0 Å². The molecule has 0 aliphatic carbocycles. The van der Waals surface area contributed by atoms with Gasteiger partial charge < -0.3 is 5.11 Å². The van der Waals surface area contributed by atoms with E-state index in [9.17, 15) is 8.78 Å². The van der Waals surface area contributed by atoms with Gasteiger partial charge in [0, 0.05) is 0 Å². The van der Waals surface area contributed by atoms with Crippen LogP contribution in [0.2, 0.25) is 0 Å². The van der Waals surface area contributed by atoms with Gasteiger partial charge in [-0.2, -0.15) is 9.65 Å². The van der Waals surface area contributed by atoms with Gasteiger partial charge in [-0.15, -0.1) is 0 Å². The molecule has 11 heavy (non-hydrogen) atoms. The zero-order valence-electron chi connectivity index (χ0n) is 5.56. The molecule has 0 heterocycles. The summed E-state index contributed by atoms with van der Waals surface area (Å²) >= 11 is 0. The van der Waals surface area contributed by atoms with E-state index >= 15 is 0 Å². The first kappa shape index (κ1) is 9.37. The van der Waals surface area contributed by atoms with Crippen molar-refractivity contribution >= 4 is 0 Å². The van der Waals surface area contributed by atoms with Gasteiger partial charge in [0.05, 0.1) is 5.57 Å². The summed E-state index contributed by atoms with van der Waals surface area (Å²) in [6.07, 6.45) is 0. The number of nitrogens with zero attached hydrogens (tertiary/aromatic N) is 1. The SMILES string of the molecule is C=C(O)/C(F)=C(/F)C(=C)C#N. The van der Waals surface area contributed by atoms with Gasteiger partial charge in [-0.05, 0) is 0 Å². The molecule has 58 valence electrons. The molecule has 0 rings (SSSR count). The van der Waals surface area contributed by atoms with E-state index in [0.717, 1.165) is 0 Å². The summed E-state index contributed by atoms with van der Waals surface area (Å²) in [5.41, 5.74) is -0.683. The monoisotopic (exact) mass is 157 g/mol. The van der Waals surface area contributed by atoms with Crippen LogP contribution >= 0.6 is 0 Å². The second-order valence-electron chi connectivity index (χ2n) is 1.67. The Kier molecular flexibility index (Phi) is 3.00. The molecule has 0 atom stereocenters. The predicted molar refractivity (Wildman–Crippen MR) is 35.8 cm³/mol. The lowest BCUT2D eigenvalue weighted by Crippen LogP contribution is -1.86. The molecule has 0 spiro atoms. The van der Waals surface area contributed by atoms with Crippen LogP contribution in [0.3, 0.4) is 0 Å². The van der Waals surface area contributed by atoms with Crippen molar-refractivity contribution in [1.29, 1.82) is 5.26 Å². The Bertz CT molecular complexity index is 273. The van der Waals surface area contributed by atoms with Crippen LogP contribution in [0.5, 0.6) is 0 Å². The number of aliphatic hydroxyl groups excluding tert-OH is 1. The van der Waals surface area contributed by atoms with Crippen molar-refractivity contribution in [2.45, 2.75) is 0 Å². The summed E-state index contributed by atoms with van der Waals surface area (Å²) in [4.78, 5) is 0. The molecule has 0 saturated carbocycles. The predicted octanol–water partition coefficient (Wildman–Crippen LogP) is 2.29. The topological polar surface area (TPSA) is 44.0 Å². The molecular weight excluding hydrogens is 152 g/mol. The minimum absolute atomic E-state index is 0.683. The smallest absolute Gasteiger partial charge is 0.201 e. The highest BCUT2D eigenvalue weighted by Gasteiger charge is 2.11. The van der Waals surface area contributed by atoms with Crippen LogP contribution in [0, 0.1) is 11.3 Å². The number of nitriles is 1. The molecule has 0 aromatic heterocycles. The Hall–Kier alpha value is -1.63. The van der Waals surface area contributed by atoms with Gasteiger partial charge in [-0.25, -0.2) is 4.39 Å². The van der Waals surface area contributed by atoms with E-state index in [1.807, 2.05) is 0 Å². The van der Waals surface area contributed by atoms with Crippen LogP contribution in [-0.2, 0) is 0 Å². The first-order valence-electron chi connectivity index (χ1n) is 2.53. The van der Waals surface area contributed by atoms with E-state index in [1.54, 1.807) is 0 Å². The fourth-order valence-electron chi connectivity index (χ4n) is 0.308. The summed E-state index contributed by atoms with van der Waals surface area (Å²) in [5, 5.41) is 16.4. The fourth-order valence-corrected chi connectivity index (χ4v) is 0.308. The third-order valence-electron chi connectivity index (χ3n) is 0.846. The van der Waals surface area contributed by atoms with Crippen molar-refractivity contribution in [2.24, 2.45) is 0 Å². The molecule has 0 fully saturated rings. The molecule has 0 saturated heterocycles. The molecule has 0 aromatic carbocycles. The number of rotatable bonds is 2. The van der Waals surface area contributed by atoms with Gasteiger partial charge >= 0.3 is 0 Å². The average molecular weight is 157 g/mol. The lowest BCUT2D eigenvalue weighted by molar-refractivity contribution is 0.381. The summed E-state index contributed by atoms with van der Waals surface area (Å²) in [5.74, 6) is -4.10. The average Bonchev–Trinajstić information content (AvgIpc) is 2.00. The number of aliphatic hydroxyl groups is 1. The summed E-state index contributed by atoms with van der Waals surface area (Å²) in [7, 11) is 0. The van der Waals surface area contributed by atoms with Gasteiger partial charge in [-0.1, -0.05) is 13.2 Å². The van der Waals surface area contributed by atoms with Crippen LogP contribution in [0.1, 0.15) is 0 Å². The maximum atomic E-state index is 12.4. The minimum atomic E-state index is -1.56. The Labute approximate surface area is 62.4 Å². The third-order valence-corrected chi connectivity index (χ3v) is 0.846. The standard InChI is InChI=1S/C7H5F2NO/c1-4(3-10)6(8)7(9)5(2)11/h11H,1-2H2/b7-6-. The van der Waals surface area contributed by atoms with Crippen molar-refractivity contribution < 1.29 is 13.9 Å². The molecule has 0 aromatic rings. The summed E-state index contributed by atoms with van der Waals surface area (Å²) < 4.78 is 24.7. The Morgan fingerprint density at radius 2 is 1.73 bits per heavy atom. The van der Waals surface area contributed by atoms with E-state index in [1.165, 1.54) is 6.07 Å². The largest absolute Gasteiger partial charge is 0.505 e. The Morgan fingerprint density at radius 3 is 2.00 bits per heavy atom. The molecular formula is C7H5F2NO. The lowest BCUT2D eigenvalue weighted by Gasteiger charge is -1.94. The highest BCUT2D eigenvalue weighted by atomic mass is 19.2. The van der Waals surface area contributed by atoms with Crippen LogP contribution in [0.4, 0.5) is 8.78 Å². The fraction of sp³-hybridized carbons (Fsp3) is 0. The molecule has 0 unspecified atom stereocenters. The van der Waals surface area contributed by atoms with Crippen molar-refractivity contribution in [3.05, 3.63) is 36.1 Å². The molecule has 0 aliphatic heterocycles. The van der Waals surface area contributed by atoms with Crippen molar-refractivity contribution in [3.63, 3.8) is 0 Å². The number of hydrogen-bond acceptors (Lipinski definition) is 2. The maximum Gasteiger partial charge on any atom is 0.201 e. The van der Waals surface area contributed by atoms with Crippen molar-refractivity contribution in [2.75, 3.05) is 0 Å². The normalized spacial score (nSPS) is 11.4. The second kappa shape index (κ2) is 3.52. The highest BCUT2D eigenvalue weighted by molar-refractivity contribution is 5.40. The van der Waals surface area contributed by atoms with Crippen LogP contribution in [0.15, 0.2) is 36.1 Å². The van der Waals surface area contributed by atoms with Crippen molar-refractivity contribution in [1.82, 2.24) is 0 Å². The first-order chi connectivity index (χ1) is 5.00. The Balaban J connectivity index is 4.85. The van der Waals surface area contributed by atoms with E-state index in [2.05, 4.69) is 13.2 Å². The van der Waals surface area contributed by atoms with Crippen LogP contribution in [0.25, 0.3) is 0 Å². The summed E-state index contributed by atoms with van der Waals surface area (Å²) in [6.45, 7) is 5.62.